The number of hydrogen-bond donors (Lipinski definition) is 0. The number of rotatable bonds is 4. The van der Waals surface area contributed by atoms with Gasteiger partial charge in [0, 0.05) is 6.42 Å². The van der Waals surface area contributed by atoms with E-state index in [-0.39, 0.29) is 5.78 Å². The summed E-state index contributed by atoms with van der Waals surface area (Å²) in [4.78, 5) is 10.9. The topological polar surface area (TPSA) is 26.3 Å². The summed E-state index contributed by atoms with van der Waals surface area (Å²) in [6.07, 6.45) is 4.78. The van der Waals surface area contributed by atoms with E-state index in [1.807, 2.05) is 0 Å². The normalized spacial score (nSPS) is 40.2. The maximum atomic E-state index is 10.9. The first-order chi connectivity index (χ1) is 7.38. The van der Waals surface area contributed by atoms with Crippen LogP contribution in [0.2, 0.25) is 0 Å². The summed E-state index contributed by atoms with van der Waals surface area (Å²) in [5, 5.41) is 0. The third-order valence-corrected chi connectivity index (χ3v) is 5.49. The van der Waals surface area contributed by atoms with Gasteiger partial charge in [0.2, 0.25) is 0 Å². The van der Waals surface area contributed by atoms with Gasteiger partial charge in [-0.2, -0.15) is 0 Å². The molecule has 2 aliphatic rings. The first kappa shape index (κ1) is 12.1. The maximum absolute atomic E-state index is 10.9. The van der Waals surface area contributed by atoms with Crippen molar-refractivity contribution in [3.8, 4) is 0 Å². The molecule has 2 aliphatic carbocycles. The van der Waals surface area contributed by atoms with E-state index in [4.69, 9.17) is 4.74 Å². The molecule has 0 heterocycles. The van der Waals surface area contributed by atoms with Gasteiger partial charge in [-0.1, -0.05) is 20.8 Å². The number of ether oxygens (including phenoxy) is 1. The van der Waals surface area contributed by atoms with Crippen molar-refractivity contribution >= 4 is 5.78 Å². The Bertz CT molecular complexity index is 295. The zero-order valence-electron chi connectivity index (χ0n) is 11.0. The SMILES string of the molecule is CC(=O)CCOC1CC2CCC1(C)C2(C)C. The van der Waals surface area contributed by atoms with Gasteiger partial charge in [-0.25, -0.2) is 0 Å². The van der Waals surface area contributed by atoms with Crippen LogP contribution < -0.4 is 0 Å². The Morgan fingerprint density at radius 1 is 1.38 bits per heavy atom. The highest BCUT2D eigenvalue weighted by Crippen LogP contribution is 2.66. The molecule has 0 spiro atoms. The van der Waals surface area contributed by atoms with Crippen LogP contribution in [-0.4, -0.2) is 18.5 Å². The summed E-state index contributed by atoms with van der Waals surface area (Å²) in [6, 6.07) is 0. The second-order valence-electron chi connectivity index (χ2n) is 6.42. The molecule has 0 aromatic heterocycles. The summed E-state index contributed by atoms with van der Waals surface area (Å²) in [6.45, 7) is 9.39. The molecule has 0 aromatic carbocycles. The Kier molecular flexibility index (Phi) is 2.90. The maximum Gasteiger partial charge on any atom is 0.132 e. The molecule has 0 radical (unpaired) electrons. The van der Waals surface area contributed by atoms with Crippen LogP contribution in [0.1, 0.15) is 53.4 Å². The largest absolute Gasteiger partial charge is 0.377 e. The van der Waals surface area contributed by atoms with Gasteiger partial charge in [0.05, 0.1) is 12.7 Å². The van der Waals surface area contributed by atoms with Crippen LogP contribution in [0, 0.1) is 16.7 Å². The zero-order chi connectivity index (χ0) is 12.0. The van der Waals surface area contributed by atoms with E-state index in [0.717, 1.165) is 5.92 Å². The van der Waals surface area contributed by atoms with E-state index in [0.29, 0.717) is 30.0 Å². The van der Waals surface area contributed by atoms with E-state index < -0.39 is 0 Å². The molecule has 16 heavy (non-hydrogen) atoms. The van der Waals surface area contributed by atoms with Crippen molar-refractivity contribution < 1.29 is 9.53 Å². The van der Waals surface area contributed by atoms with Gasteiger partial charge in [-0.15, -0.1) is 0 Å². The Morgan fingerprint density at radius 3 is 2.50 bits per heavy atom. The van der Waals surface area contributed by atoms with E-state index in [1.54, 1.807) is 6.92 Å². The predicted molar refractivity (Wildman–Crippen MR) is 64.3 cm³/mol. The minimum Gasteiger partial charge on any atom is -0.377 e. The monoisotopic (exact) mass is 224 g/mol. The molecular formula is C14H24O2. The van der Waals surface area contributed by atoms with E-state index in [1.165, 1.54) is 19.3 Å². The average Bonchev–Trinajstić information content (AvgIpc) is 2.49. The van der Waals surface area contributed by atoms with Gasteiger partial charge < -0.3 is 4.74 Å². The van der Waals surface area contributed by atoms with Gasteiger partial charge in [0.25, 0.3) is 0 Å². The number of hydrogen-bond acceptors (Lipinski definition) is 2. The van der Waals surface area contributed by atoms with Crippen molar-refractivity contribution in [2.75, 3.05) is 6.61 Å². The highest BCUT2D eigenvalue weighted by molar-refractivity contribution is 5.75. The molecule has 2 bridgehead atoms. The number of fused-ring (bicyclic) bond motifs is 2. The predicted octanol–water partition coefficient (Wildman–Crippen LogP) is 3.20. The molecule has 0 aliphatic heterocycles. The number of ketones is 1. The van der Waals surface area contributed by atoms with Crippen LogP contribution in [0.25, 0.3) is 0 Å². The lowest BCUT2D eigenvalue weighted by atomic mass is 9.70. The minimum atomic E-state index is 0.229. The Hall–Kier alpha value is -0.370. The second-order valence-corrected chi connectivity index (χ2v) is 6.42. The van der Waals surface area contributed by atoms with Crippen LogP contribution in [0.3, 0.4) is 0 Å². The van der Waals surface area contributed by atoms with Gasteiger partial charge >= 0.3 is 0 Å². The van der Waals surface area contributed by atoms with Crippen molar-refractivity contribution in [3.05, 3.63) is 0 Å². The van der Waals surface area contributed by atoms with Crippen molar-refractivity contribution in [1.29, 1.82) is 0 Å². The number of Topliss-reactive ketones (excluding diaryl/α,β-unsaturated/α-hetero) is 1. The van der Waals surface area contributed by atoms with E-state index in [2.05, 4.69) is 20.8 Å². The molecule has 2 heteroatoms. The molecule has 2 nitrogen and oxygen atoms in total. The van der Waals surface area contributed by atoms with E-state index in [9.17, 15) is 4.79 Å². The van der Waals surface area contributed by atoms with Crippen molar-refractivity contribution in [2.45, 2.75) is 59.5 Å². The lowest BCUT2D eigenvalue weighted by Gasteiger charge is -2.38. The highest BCUT2D eigenvalue weighted by atomic mass is 16.5. The van der Waals surface area contributed by atoms with Crippen LogP contribution in [-0.2, 0) is 9.53 Å². The molecule has 3 atom stereocenters. The fourth-order valence-electron chi connectivity index (χ4n) is 3.73. The van der Waals surface area contributed by atoms with Gasteiger partial charge in [0.15, 0.2) is 0 Å². The first-order valence-electron chi connectivity index (χ1n) is 6.49. The van der Waals surface area contributed by atoms with Gasteiger partial charge in [-0.05, 0) is 42.9 Å². The number of carbonyl (C=O) groups excluding carboxylic acids is 1. The standard InChI is InChI=1S/C14H24O2/c1-10(15)6-8-16-12-9-11-5-7-14(12,4)13(11,2)3/h11-12H,5-9H2,1-4H3. The molecular weight excluding hydrogens is 200 g/mol. The van der Waals surface area contributed by atoms with Crippen LogP contribution in [0.15, 0.2) is 0 Å². The van der Waals surface area contributed by atoms with Crippen LogP contribution in [0.4, 0.5) is 0 Å². The Balaban J connectivity index is 1.96. The van der Waals surface area contributed by atoms with Crippen molar-refractivity contribution in [3.63, 3.8) is 0 Å². The van der Waals surface area contributed by atoms with Crippen molar-refractivity contribution in [2.24, 2.45) is 16.7 Å². The van der Waals surface area contributed by atoms with Gasteiger partial charge in [-0.3, -0.25) is 4.79 Å². The molecule has 0 aromatic rings. The molecule has 0 amide bonds. The lowest BCUT2D eigenvalue weighted by Crippen LogP contribution is -2.37. The summed E-state index contributed by atoms with van der Waals surface area (Å²) in [5.41, 5.74) is 0.738. The van der Waals surface area contributed by atoms with Crippen LogP contribution in [0.5, 0.6) is 0 Å². The molecule has 2 fully saturated rings. The fraction of sp³-hybridized carbons (Fsp3) is 0.929. The van der Waals surface area contributed by atoms with Gasteiger partial charge in [0.1, 0.15) is 5.78 Å². The van der Waals surface area contributed by atoms with Crippen LogP contribution >= 0.6 is 0 Å². The molecule has 2 saturated carbocycles. The smallest absolute Gasteiger partial charge is 0.132 e. The fourth-order valence-corrected chi connectivity index (χ4v) is 3.73. The lowest BCUT2D eigenvalue weighted by molar-refractivity contribution is -0.119. The summed E-state index contributed by atoms with van der Waals surface area (Å²) in [5.74, 6) is 1.05. The summed E-state index contributed by atoms with van der Waals surface area (Å²) in [7, 11) is 0. The Morgan fingerprint density at radius 2 is 2.06 bits per heavy atom. The highest BCUT2D eigenvalue weighted by Gasteiger charge is 2.61. The average molecular weight is 224 g/mol. The molecule has 3 unspecified atom stereocenters. The summed E-state index contributed by atoms with van der Waals surface area (Å²) >= 11 is 0. The third-order valence-electron chi connectivity index (χ3n) is 5.49. The molecule has 0 N–H and O–H groups in total. The molecule has 0 saturated heterocycles. The minimum absolute atomic E-state index is 0.229. The van der Waals surface area contributed by atoms with Crippen molar-refractivity contribution in [1.82, 2.24) is 0 Å². The second kappa shape index (κ2) is 3.83. The number of carbonyl (C=O) groups is 1. The quantitative estimate of drug-likeness (QED) is 0.733. The first-order valence-corrected chi connectivity index (χ1v) is 6.49. The third kappa shape index (κ3) is 1.62. The zero-order valence-corrected chi connectivity index (χ0v) is 11.0. The molecule has 92 valence electrons. The Labute approximate surface area is 98.7 Å². The van der Waals surface area contributed by atoms with E-state index >= 15 is 0 Å². The summed E-state index contributed by atoms with van der Waals surface area (Å²) < 4.78 is 5.97. The molecule has 2 rings (SSSR count).